The summed E-state index contributed by atoms with van der Waals surface area (Å²) in [5.41, 5.74) is 0.517. The van der Waals surface area contributed by atoms with Crippen LogP contribution in [0, 0.1) is 0 Å². The summed E-state index contributed by atoms with van der Waals surface area (Å²) in [6, 6.07) is 4.47. The van der Waals surface area contributed by atoms with Crippen molar-refractivity contribution in [2.45, 2.75) is 20.0 Å². The Morgan fingerprint density at radius 1 is 1.39 bits per heavy atom. The minimum Gasteiger partial charge on any atom is -0.478 e. The molecular formula is C12H14BrNO4. The summed E-state index contributed by atoms with van der Waals surface area (Å²) in [4.78, 5) is 22.4. The number of carboxylic acid groups (broad SMARTS) is 1. The standard InChI is InChI=1S/C12H14BrNO4/c1-7(2)18-6-11(15)14-10-4-8(12(16)17)3-9(13)5-10/h3-5,7H,6H2,1-2H3,(H,14,15)(H,16,17). The van der Waals surface area contributed by atoms with Crippen LogP contribution in [0.3, 0.4) is 0 Å². The van der Waals surface area contributed by atoms with Crippen molar-refractivity contribution in [2.75, 3.05) is 11.9 Å². The Morgan fingerprint density at radius 2 is 2.06 bits per heavy atom. The van der Waals surface area contributed by atoms with Crippen molar-refractivity contribution in [1.82, 2.24) is 0 Å². The molecule has 0 saturated heterocycles. The first-order valence-corrected chi connectivity index (χ1v) is 6.13. The molecule has 0 aliphatic heterocycles. The highest BCUT2D eigenvalue weighted by Gasteiger charge is 2.09. The number of carbonyl (C=O) groups excluding carboxylic acids is 1. The van der Waals surface area contributed by atoms with Gasteiger partial charge < -0.3 is 15.2 Å². The number of carbonyl (C=O) groups is 2. The number of halogens is 1. The van der Waals surface area contributed by atoms with Gasteiger partial charge in [0.2, 0.25) is 5.91 Å². The lowest BCUT2D eigenvalue weighted by Gasteiger charge is -2.09. The Morgan fingerprint density at radius 3 is 2.61 bits per heavy atom. The number of rotatable bonds is 5. The first-order chi connectivity index (χ1) is 8.38. The van der Waals surface area contributed by atoms with Crippen LogP contribution in [-0.4, -0.2) is 29.7 Å². The third-order valence-electron chi connectivity index (χ3n) is 1.98. The van der Waals surface area contributed by atoms with Crippen molar-refractivity contribution in [1.29, 1.82) is 0 Å². The van der Waals surface area contributed by atoms with Crippen molar-refractivity contribution in [3.05, 3.63) is 28.2 Å². The Hall–Kier alpha value is -1.40. The van der Waals surface area contributed by atoms with Crippen molar-refractivity contribution in [2.24, 2.45) is 0 Å². The fraction of sp³-hybridized carbons (Fsp3) is 0.333. The lowest BCUT2D eigenvalue weighted by atomic mass is 10.2. The number of anilines is 1. The fourth-order valence-electron chi connectivity index (χ4n) is 1.22. The van der Waals surface area contributed by atoms with Gasteiger partial charge in [-0.2, -0.15) is 0 Å². The molecule has 1 rings (SSSR count). The summed E-state index contributed by atoms with van der Waals surface area (Å²) in [6.07, 6.45) is -0.0344. The van der Waals surface area contributed by atoms with Crippen molar-refractivity contribution >= 4 is 33.5 Å². The van der Waals surface area contributed by atoms with Gasteiger partial charge in [-0.05, 0) is 32.0 Å². The molecule has 1 aromatic rings. The second-order valence-corrected chi connectivity index (χ2v) is 4.86. The summed E-state index contributed by atoms with van der Waals surface area (Å²) in [5.74, 6) is -1.37. The van der Waals surface area contributed by atoms with Gasteiger partial charge in [0.1, 0.15) is 6.61 Å². The van der Waals surface area contributed by atoms with Crippen LogP contribution in [0.5, 0.6) is 0 Å². The van der Waals surface area contributed by atoms with E-state index in [1.54, 1.807) is 6.07 Å². The number of benzene rings is 1. The maximum Gasteiger partial charge on any atom is 0.335 e. The second-order valence-electron chi connectivity index (χ2n) is 3.94. The molecule has 0 bridgehead atoms. The molecule has 0 aliphatic rings. The van der Waals surface area contributed by atoms with Gasteiger partial charge in [-0.1, -0.05) is 15.9 Å². The highest BCUT2D eigenvalue weighted by molar-refractivity contribution is 9.10. The third kappa shape index (κ3) is 4.85. The molecule has 0 heterocycles. The number of hydrogen-bond acceptors (Lipinski definition) is 3. The molecule has 0 aliphatic carbocycles. The molecule has 5 nitrogen and oxygen atoms in total. The average molecular weight is 316 g/mol. The summed E-state index contributed by atoms with van der Waals surface area (Å²) in [5, 5.41) is 11.5. The summed E-state index contributed by atoms with van der Waals surface area (Å²) < 4.78 is 5.73. The second kappa shape index (κ2) is 6.51. The van der Waals surface area contributed by atoms with E-state index in [0.717, 1.165) is 0 Å². The number of hydrogen-bond donors (Lipinski definition) is 2. The zero-order chi connectivity index (χ0) is 13.7. The Bertz CT molecular complexity index is 459. The molecule has 18 heavy (non-hydrogen) atoms. The number of amides is 1. The van der Waals surface area contributed by atoms with Gasteiger partial charge in [0.05, 0.1) is 11.7 Å². The molecule has 1 amide bonds. The van der Waals surface area contributed by atoms with E-state index in [1.807, 2.05) is 13.8 Å². The normalized spacial score (nSPS) is 10.4. The molecule has 0 aromatic heterocycles. The number of ether oxygens (including phenoxy) is 1. The van der Waals surface area contributed by atoms with Gasteiger partial charge in [0.25, 0.3) is 0 Å². The van der Waals surface area contributed by atoms with Crippen LogP contribution in [0.4, 0.5) is 5.69 Å². The lowest BCUT2D eigenvalue weighted by Crippen LogP contribution is -2.20. The minimum atomic E-state index is -1.05. The van der Waals surface area contributed by atoms with E-state index in [0.29, 0.717) is 10.2 Å². The highest BCUT2D eigenvalue weighted by atomic mass is 79.9. The van der Waals surface area contributed by atoms with E-state index in [-0.39, 0.29) is 24.2 Å². The van der Waals surface area contributed by atoms with Crippen LogP contribution < -0.4 is 5.32 Å². The highest BCUT2D eigenvalue weighted by Crippen LogP contribution is 2.19. The maximum absolute atomic E-state index is 11.5. The molecule has 0 atom stereocenters. The van der Waals surface area contributed by atoms with Crippen molar-refractivity contribution in [3.63, 3.8) is 0 Å². The SMILES string of the molecule is CC(C)OCC(=O)Nc1cc(Br)cc(C(=O)O)c1. The smallest absolute Gasteiger partial charge is 0.335 e. The zero-order valence-electron chi connectivity index (χ0n) is 10.1. The molecule has 1 aromatic carbocycles. The molecule has 0 unspecified atom stereocenters. The van der Waals surface area contributed by atoms with E-state index in [4.69, 9.17) is 9.84 Å². The minimum absolute atomic E-state index is 0.0344. The Kier molecular flexibility index (Phi) is 5.30. The van der Waals surface area contributed by atoms with Crippen LogP contribution in [0.2, 0.25) is 0 Å². The van der Waals surface area contributed by atoms with E-state index in [1.165, 1.54) is 12.1 Å². The number of nitrogens with one attached hydrogen (secondary N) is 1. The first kappa shape index (κ1) is 14.7. The monoisotopic (exact) mass is 315 g/mol. The zero-order valence-corrected chi connectivity index (χ0v) is 11.7. The van der Waals surface area contributed by atoms with Gasteiger partial charge in [-0.25, -0.2) is 4.79 Å². The van der Waals surface area contributed by atoms with Gasteiger partial charge in [0, 0.05) is 10.2 Å². The van der Waals surface area contributed by atoms with Gasteiger partial charge in [0.15, 0.2) is 0 Å². The van der Waals surface area contributed by atoms with Gasteiger partial charge in [-0.3, -0.25) is 4.79 Å². The maximum atomic E-state index is 11.5. The molecule has 0 saturated carbocycles. The molecule has 2 N–H and O–H groups in total. The van der Waals surface area contributed by atoms with E-state index in [2.05, 4.69) is 21.2 Å². The molecule has 6 heteroatoms. The third-order valence-corrected chi connectivity index (χ3v) is 2.43. The van der Waals surface area contributed by atoms with E-state index >= 15 is 0 Å². The molecule has 0 radical (unpaired) electrons. The predicted molar refractivity (Wildman–Crippen MR) is 70.8 cm³/mol. The van der Waals surface area contributed by atoms with Crippen molar-refractivity contribution in [3.8, 4) is 0 Å². The van der Waals surface area contributed by atoms with Gasteiger partial charge in [-0.15, -0.1) is 0 Å². The largest absolute Gasteiger partial charge is 0.478 e. The first-order valence-electron chi connectivity index (χ1n) is 5.34. The number of carboxylic acids is 1. The molecule has 0 spiro atoms. The average Bonchev–Trinajstić information content (AvgIpc) is 2.25. The number of aromatic carboxylic acids is 1. The van der Waals surface area contributed by atoms with E-state index < -0.39 is 5.97 Å². The van der Waals surface area contributed by atoms with Crippen LogP contribution >= 0.6 is 15.9 Å². The lowest BCUT2D eigenvalue weighted by molar-refractivity contribution is -0.121. The van der Waals surface area contributed by atoms with Crippen LogP contribution in [0.15, 0.2) is 22.7 Å². The molecule has 98 valence electrons. The predicted octanol–water partition coefficient (Wildman–Crippen LogP) is 2.51. The summed E-state index contributed by atoms with van der Waals surface area (Å²) in [6.45, 7) is 3.59. The van der Waals surface area contributed by atoms with Crippen LogP contribution in [0.1, 0.15) is 24.2 Å². The van der Waals surface area contributed by atoms with E-state index in [9.17, 15) is 9.59 Å². The fourth-order valence-corrected chi connectivity index (χ4v) is 1.72. The van der Waals surface area contributed by atoms with Crippen LogP contribution in [-0.2, 0) is 9.53 Å². The molecular weight excluding hydrogens is 302 g/mol. The van der Waals surface area contributed by atoms with Crippen molar-refractivity contribution < 1.29 is 19.4 Å². The summed E-state index contributed by atoms with van der Waals surface area (Å²) in [7, 11) is 0. The Labute approximate surface area is 113 Å². The van der Waals surface area contributed by atoms with Gasteiger partial charge >= 0.3 is 5.97 Å². The Balaban J connectivity index is 2.72. The molecule has 0 fully saturated rings. The summed E-state index contributed by atoms with van der Waals surface area (Å²) >= 11 is 3.19. The quantitative estimate of drug-likeness (QED) is 0.875. The van der Waals surface area contributed by atoms with Crippen LogP contribution in [0.25, 0.3) is 0 Å². The topological polar surface area (TPSA) is 75.6 Å².